The Morgan fingerprint density at radius 3 is 1.32 bits per heavy atom. The lowest BCUT2D eigenvalue weighted by atomic mass is 9.80. The van der Waals surface area contributed by atoms with E-state index in [-0.39, 0.29) is 0 Å². The van der Waals surface area contributed by atoms with E-state index in [0.717, 1.165) is 0 Å². The molecule has 1 heteroatoms. The summed E-state index contributed by atoms with van der Waals surface area (Å²) in [5, 5.41) is 12.7. The van der Waals surface area contributed by atoms with Crippen molar-refractivity contribution in [2.75, 3.05) is 0 Å². The lowest BCUT2D eigenvalue weighted by Crippen LogP contribution is -2.28. The van der Waals surface area contributed by atoms with Gasteiger partial charge >= 0.3 is 0 Å². The van der Waals surface area contributed by atoms with E-state index in [2.05, 4.69) is 121 Å². The highest BCUT2D eigenvalue weighted by atomic mass is 32.2. The van der Waals surface area contributed by atoms with Crippen molar-refractivity contribution in [2.24, 2.45) is 0 Å². The third-order valence-electron chi connectivity index (χ3n) is 10.2. The lowest BCUT2D eigenvalue weighted by molar-refractivity contribution is 0.437. The third-order valence-corrected chi connectivity index (χ3v) is 12.0. The van der Waals surface area contributed by atoms with Crippen LogP contribution < -0.4 is 0 Å². The molecule has 2 aliphatic carbocycles. The molecular weight excluding hydrogens is 513 g/mol. The molecule has 0 heterocycles. The first-order valence-electron chi connectivity index (χ1n) is 15.8. The summed E-state index contributed by atoms with van der Waals surface area (Å²) in [6.45, 7) is 0. The van der Waals surface area contributed by atoms with Crippen LogP contribution >= 0.6 is 11.8 Å². The number of benzene rings is 6. The summed E-state index contributed by atoms with van der Waals surface area (Å²) in [5.74, 6) is 1.27. The van der Waals surface area contributed by atoms with E-state index in [4.69, 9.17) is 0 Å². The summed E-state index contributed by atoms with van der Waals surface area (Å²) in [6, 6.07) is 41.5. The predicted octanol–water partition coefficient (Wildman–Crippen LogP) is 11.8. The van der Waals surface area contributed by atoms with Crippen LogP contribution in [-0.4, -0.2) is 10.5 Å². The molecular formula is C40H38S. The highest BCUT2D eigenvalue weighted by Gasteiger charge is 2.35. The molecule has 41 heavy (non-hydrogen) atoms. The Morgan fingerprint density at radius 2 is 0.805 bits per heavy atom. The van der Waals surface area contributed by atoms with Gasteiger partial charge < -0.3 is 0 Å². The second-order valence-electron chi connectivity index (χ2n) is 12.5. The van der Waals surface area contributed by atoms with Crippen LogP contribution in [-0.2, 0) is 0 Å². The summed E-state index contributed by atoms with van der Waals surface area (Å²) in [7, 11) is 0. The quantitative estimate of drug-likeness (QED) is 0.197. The Morgan fingerprint density at radius 1 is 0.366 bits per heavy atom. The molecule has 4 unspecified atom stereocenters. The SMILES string of the molecule is c1ccc2c(c1)ccc1c(C3CCCCC3SC3CCCCC3c3cccc4c3ccc3ccccc34)cccc12. The van der Waals surface area contributed by atoms with Crippen molar-refractivity contribution in [1.82, 2.24) is 0 Å². The van der Waals surface area contributed by atoms with E-state index in [1.807, 2.05) is 0 Å². The molecule has 0 aliphatic heterocycles. The van der Waals surface area contributed by atoms with E-state index >= 15 is 0 Å². The molecule has 2 saturated carbocycles. The molecule has 6 aromatic rings. The van der Waals surface area contributed by atoms with Crippen LogP contribution in [0.5, 0.6) is 0 Å². The number of rotatable bonds is 4. The van der Waals surface area contributed by atoms with Crippen LogP contribution in [0.4, 0.5) is 0 Å². The highest BCUT2D eigenvalue weighted by molar-refractivity contribution is 8.00. The molecule has 0 radical (unpaired) electrons. The van der Waals surface area contributed by atoms with E-state index in [1.165, 1.54) is 94.5 Å². The molecule has 0 amide bonds. The van der Waals surface area contributed by atoms with E-state index in [9.17, 15) is 0 Å². The molecule has 0 saturated heterocycles. The van der Waals surface area contributed by atoms with Gasteiger partial charge in [0.2, 0.25) is 0 Å². The Bertz CT molecular complexity index is 1730. The summed E-state index contributed by atoms with van der Waals surface area (Å²) in [4.78, 5) is 0. The molecule has 8 rings (SSSR count). The average Bonchev–Trinajstić information content (AvgIpc) is 3.04. The summed E-state index contributed by atoms with van der Waals surface area (Å²) >= 11 is 2.37. The van der Waals surface area contributed by atoms with Gasteiger partial charge in [-0.25, -0.2) is 0 Å². The van der Waals surface area contributed by atoms with Crippen molar-refractivity contribution in [1.29, 1.82) is 0 Å². The fourth-order valence-electron chi connectivity index (χ4n) is 8.23. The Balaban J connectivity index is 1.16. The standard InChI is InChI=1S/C40H38S/c1-3-13-29-27(11-1)23-25-35-31(29)17-9-19-33(35)37-15-5-7-21-39(37)41-40-22-8-6-16-38(40)34-20-10-18-32-30-14-4-2-12-28(30)24-26-36(32)34/h1-4,9-14,17-20,23-26,37-40H,5-8,15-16,21-22H2. The van der Waals surface area contributed by atoms with Gasteiger partial charge in [0.25, 0.3) is 0 Å². The molecule has 0 aromatic heterocycles. The van der Waals surface area contributed by atoms with Crippen molar-refractivity contribution in [3.8, 4) is 0 Å². The van der Waals surface area contributed by atoms with Gasteiger partial charge in [-0.1, -0.05) is 135 Å². The van der Waals surface area contributed by atoms with Crippen LogP contribution in [0.2, 0.25) is 0 Å². The first kappa shape index (κ1) is 25.4. The molecule has 2 fully saturated rings. The van der Waals surface area contributed by atoms with Crippen LogP contribution in [0.15, 0.2) is 109 Å². The maximum Gasteiger partial charge on any atom is 0.0119 e. The zero-order valence-corrected chi connectivity index (χ0v) is 24.6. The van der Waals surface area contributed by atoms with Crippen molar-refractivity contribution >= 4 is 54.9 Å². The van der Waals surface area contributed by atoms with Gasteiger partial charge in [-0.05, 0) is 91.7 Å². The zero-order chi connectivity index (χ0) is 27.2. The molecule has 4 atom stereocenters. The largest absolute Gasteiger partial charge is 0.154 e. The van der Waals surface area contributed by atoms with Crippen LogP contribution in [0.1, 0.15) is 74.3 Å². The van der Waals surface area contributed by atoms with Gasteiger partial charge in [0.15, 0.2) is 0 Å². The van der Waals surface area contributed by atoms with Crippen molar-refractivity contribution < 1.29 is 0 Å². The van der Waals surface area contributed by atoms with Gasteiger partial charge in [-0.15, -0.1) is 0 Å². The van der Waals surface area contributed by atoms with Crippen molar-refractivity contribution in [3.05, 3.63) is 120 Å². The average molecular weight is 551 g/mol. The minimum atomic E-state index is 0.637. The summed E-state index contributed by atoms with van der Waals surface area (Å²) in [5.41, 5.74) is 3.18. The van der Waals surface area contributed by atoms with Crippen LogP contribution in [0.25, 0.3) is 43.1 Å². The highest BCUT2D eigenvalue weighted by Crippen LogP contribution is 2.50. The van der Waals surface area contributed by atoms with E-state index in [1.54, 1.807) is 11.1 Å². The van der Waals surface area contributed by atoms with E-state index < -0.39 is 0 Å². The minimum absolute atomic E-state index is 0.637. The smallest absolute Gasteiger partial charge is 0.0119 e. The zero-order valence-electron chi connectivity index (χ0n) is 23.8. The normalized spacial score (nSPS) is 23.4. The fraction of sp³-hybridized carbons (Fsp3) is 0.300. The monoisotopic (exact) mass is 550 g/mol. The number of hydrogen-bond donors (Lipinski definition) is 0. The Labute approximate surface area is 248 Å². The van der Waals surface area contributed by atoms with Crippen molar-refractivity contribution in [2.45, 2.75) is 73.7 Å². The molecule has 0 spiro atoms. The minimum Gasteiger partial charge on any atom is -0.154 e. The van der Waals surface area contributed by atoms with Gasteiger partial charge in [-0.2, -0.15) is 11.8 Å². The molecule has 204 valence electrons. The maximum absolute atomic E-state index is 2.45. The topological polar surface area (TPSA) is 0 Å². The van der Waals surface area contributed by atoms with Crippen molar-refractivity contribution in [3.63, 3.8) is 0 Å². The Hall–Kier alpha value is -3.29. The van der Waals surface area contributed by atoms with Gasteiger partial charge in [-0.3, -0.25) is 0 Å². The van der Waals surface area contributed by atoms with Crippen LogP contribution in [0.3, 0.4) is 0 Å². The summed E-state index contributed by atoms with van der Waals surface area (Å²) < 4.78 is 0. The van der Waals surface area contributed by atoms with E-state index in [0.29, 0.717) is 22.3 Å². The lowest BCUT2D eigenvalue weighted by Gasteiger charge is -2.39. The fourth-order valence-corrected chi connectivity index (χ4v) is 10.2. The maximum atomic E-state index is 2.45. The second-order valence-corrected chi connectivity index (χ2v) is 13.9. The molecule has 0 N–H and O–H groups in total. The van der Waals surface area contributed by atoms with Gasteiger partial charge in [0, 0.05) is 10.5 Å². The first-order valence-corrected chi connectivity index (χ1v) is 16.8. The number of hydrogen-bond acceptors (Lipinski definition) is 1. The molecule has 0 bridgehead atoms. The second kappa shape index (κ2) is 10.8. The van der Waals surface area contributed by atoms with Crippen LogP contribution in [0, 0.1) is 0 Å². The number of thioether (sulfide) groups is 1. The molecule has 0 nitrogen and oxygen atoms in total. The summed E-state index contributed by atoms with van der Waals surface area (Å²) in [6.07, 6.45) is 10.8. The van der Waals surface area contributed by atoms with Gasteiger partial charge in [0.05, 0.1) is 0 Å². The number of fused-ring (bicyclic) bond motifs is 6. The molecule has 6 aromatic carbocycles. The Kier molecular flexibility index (Phi) is 6.72. The van der Waals surface area contributed by atoms with Gasteiger partial charge in [0.1, 0.15) is 0 Å². The predicted molar refractivity (Wildman–Crippen MR) is 180 cm³/mol. The first-order chi connectivity index (χ1) is 20.3. The third kappa shape index (κ3) is 4.54. The molecule has 2 aliphatic rings.